The predicted octanol–water partition coefficient (Wildman–Crippen LogP) is 3.07. The standard InChI is InChI=1S/C13H13BrN2OS/c14-11-2-1-10(7-12(11)15)13(17)16-5-3-9-4-6-18-8-9/h1-2,4,6-8H,3,5,15H2,(H,16,17). The molecule has 18 heavy (non-hydrogen) atoms. The van der Waals surface area contributed by atoms with Crippen molar-refractivity contribution in [3.05, 3.63) is 50.6 Å². The summed E-state index contributed by atoms with van der Waals surface area (Å²) in [4.78, 5) is 11.9. The molecule has 0 fully saturated rings. The monoisotopic (exact) mass is 324 g/mol. The maximum atomic E-state index is 11.9. The van der Waals surface area contributed by atoms with Crippen LogP contribution in [0.2, 0.25) is 0 Å². The van der Waals surface area contributed by atoms with Gasteiger partial charge in [0.05, 0.1) is 0 Å². The Morgan fingerprint density at radius 2 is 2.22 bits per heavy atom. The van der Waals surface area contributed by atoms with Crippen molar-refractivity contribution in [3.63, 3.8) is 0 Å². The van der Waals surface area contributed by atoms with E-state index in [-0.39, 0.29) is 5.91 Å². The number of nitrogens with two attached hydrogens (primary N) is 1. The zero-order valence-electron chi connectivity index (χ0n) is 9.65. The van der Waals surface area contributed by atoms with Gasteiger partial charge in [-0.25, -0.2) is 0 Å². The molecule has 0 bridgehead atoms. The number of rotatable bonds is 4. The zero-order chi connectivity index (χ0) is 13.0. The molecule has 0 aliphatic rings. The summed E-state index contributed by atoms with van der Waals surface area (Å²) in [5.74, 6) is -0.0931. The van der Waals surface area contributed by atoms with Gasteiger partial charge in [0.2, 0.25) is 0 Å². The molecule has 0 aliphatic carbocycles. The van der Waals surface area contributed by atoms with Crippen LogP contribution in [0.3, 0.4) is 0 Å². The minimum absolute atomic E-state index is 0.0931. The largest absolute Gasteiger partial charge is 0.398 e. The molecule has 3 N–H and O–H groups in total. The summed E-state index contributed by atoms with van der Waals surface area (Å²) in [7, 11) is 0. The topological polar surface area (TPSA) is 55.1 Å². The van der Waals surface area contributed by atoms with Gasteiger partial charge in [0, 0.05) is 22.3 Å². The first-order chi connectivity index (χ1) is 8.66. The maximum absolute atomic E-state index is 11.9. The van der Waals surface area contributed by atoms with Crippen molar-refractivity contribution in [3.8, 4) is 0 Å². The highest BCUT2D eigenvalue weighted by atomic mass is 79.9. The molecule has 0 saturated heterocycles. The molecule has 3 nitrogen and oxygen atoms in total. The van der Waals surface area contributed by atoms with Gasteiger partial charge < -0.3 is 11.1 Å². The van der Waals surface area contributed by atoms with Crippen LogP contribution in [-0.2, 0) is 6.42 Å². The number of thiophene rings is 1. The molecule has 0 atom stereocenters. The van der Waals surface area contributed by atoms with Gasteiger partial charge in [-0.15, -0.1) is 0 Å². The molecule has 2 rings (SSSR count). The number of carbonyl (C=O) groups excluding carboxylic acids is 1. The lowest BCUT2D eigenvalue weighted by atomic mass is 10.2. The maximum Gasteiger partial charge on any atom is 0.251 e. The number of hydrogen-bond acceptors (Lipinski definition) is 3. The molecule has 1 heterocycles. The lowest BCUT2D eigenvalue weighted by Gasteiger charge is -2.06. The number of anilines is 1. The second-order valence-electron chi connectivity index (χ2n) is 3.87. The van der Waals surface area contributed by atoms with Crippen molar-refractivity contribution in [2.24, 2.45) is 0 Å². The summed E-state index contributed by atoms with van der Waals surface area (Å²) < 4.78 is 0.803. The van der Waals surface area contributed by atoms with Crippen LogP contribution < -0.4 is 11.1 Å². The first-order valence-corrected chi connectivity index (χ1v) is 7.24. The summed E-state index contributed by atoms with van der Waals surface area (Å²) in [6, 6.07) is 7.27. The Morgan fingerprint density at radius 1 is 1.39 bits per heavy atom. The van der Waals surface area contributed by atoms with Crippen molar-refractivity contribution >= 4 is 38.9 Å². The molecule has 1 aromatic heterocycles. The van der Waals surface area contributed by atoms with Gasteiger partial charge in [-0.1, -0.05) is 0 Å². The number of hydrogen-bond donors (Lipinski definition) is 2. The molecular weight excluding hydrogens is 312 g/mol. The number of halogens is 1. The van der Waals surface area contributed by atoms with Crippen molar-refractivity contribution in [1.29, 1.82) is 0 Å². The summed E-state index contributed by atoms with van der Waals surface area (Å²) >= 11 is 4.97. The third kappa shape index (κ3) is 3.34. The van der Waals surface area contributed by atoms with E-state index in [1.54, 1.807) is 29.5 Å². The molecular formula is C13H13BrN2OS. The fourth-order valence-corrected chi connectivity index (χ4v) is 2.49. The summed E-state index contributed by atoms with van der Waals surface area (Å²) in [5.41, 5.74) is 8.14. The second kappa shape index (κ2) is 6.02. The summed E-state index contributed by atoms with van der Waals surface area (Å²) in [5, 5.41) is 7.00. The smallest absolute Gasteiger partial charge is 0.251 e. The van der Waals surface area contributed by atoms with Gasteiger partial charge in [0.15, 0.2) is 0 Å². The first-order valence-electron chi connectivity index (χ1n) is 5.51. The average molecular weight is 325 g/mol. The fourth-order valence-electron chi connectivity index (χ4n) is 1.54. The number of amides is 1. The van der Waals surface area contributed by atoms with Crippen LogP contribution in [0, 0.1) is 0 Å². The highest BCUT2D eigenvalue weighted by Crippen LogP contribution is 2.20. The van der Waals surface area contributed by atoms with E-state index in [4.69, 9.17) is 5.73 Å². The van der Waals surface area contributed by atoms with Crippen molar-refractivity contribution < 1.29 is 4.79 Å². The van der Waals surface area contributed by atoms with E-state index in [1.807, 2.05) is 5.38 Å². The molecule has 94 valence electrons. The number of benzene rings is 1. The molecule has 2 aromatic rings. The Balaban J connectivity index is 1.89. The zero-order valence-corrected chi connectivity index (χ0v) is 12.1. The molecule has 0 spiro atoms. The molecule has 1 aromatic carbocycles. The predicted molar refractivity (Wildman–Crippen MR) is 78.9 cm³/mol. The van der Waals surface area contributed by atoms with Gasteiger partial charge in [-0.05, 0) is 62.9 Å². The van der Waals surface area contributed by atoms with E-state index in [9.17, 15) is 4.79 Å². The van der Waals surface area contributed by atoms with Crippen LogP contribution in [0.4, 0.5) is 5.69 Å². The quantitative estimate of drug-likeness (QED) is 0.849. The first kappa shape index (κ1) is 13.1. The number of nitrogens with one attached hydrogen (secondary N) is 1. The third-order valence-corrected chi connectivity index (χ3v) is 3.99. The Kier molecular flexibility index (Phi) is 4.38. The third-order valence-electron chi connectivity index (χ3n) is 2.54. The van der Waals surface area contributed by atoms with Crippen LogP contribution in [0.15, 0.2) is 39.5 Å². The van der Waals surface area contributed by atoms with Crippen molar-refractivity contribution in [2.75, 3.05) is 12.3 Å². The normalized spacial score (nSPS) is 10.3. The van der Waals surface area contributed by atoms with Gasteiger partial charge in [0.1, 0.15) is 0 Å². The van der Waals surface area contributed by atoms with E-state index in [1.165, 1.54) is 5.56 Å². The Labute approximate surface area is 118 Å². The van der Waals surface area contributed by atoms with Crippen LogP contribution in [0.1, 0.15) is 15.9 Å². The lowest BCUT2D eigenvalue weighted by Crippen LogP contribution is -2.25. The number of nitrogen functional groups attached to an aromatic ring is 1. The molecule has 0 radical (unpaired) electrons. The van der Waals surface area contributed by atoms with Gasteiger partial charge in [-0.2, -0.15) is 11.3 Å². The second-order valence-corrected chi connectivity index (χ2v) is 5.51. The Morgan fingerprint density at radius 3 is 2.89 bits per heavy atom. The molecule has 0 aliphatic heterocycles. The summed E-state index contributed by atoms with van der Waals surface area (Å²) in [6.07, 6.45) is 0.848. The van der Waals surface area contributed by atoms with Crippen molar-refractivity contribution in [2.45, 2.75) is 6.42 Å². The van der Waals surface area contributed by atoms with E-state index in [0.29, 0.717) is 17.8 Å². The average Bonchev–Trinajstić information content (AvgIpc) is 2.85. The fraction of sp³-hybridized carbons (Fsp3) is 0.154. The summed E-state index contributed by atoms with van der Waals surface area (Å²) in [6.45, 7) is 0.630. The highest BCUT2D eigenvalue weighted by molar-refractivity contribution is 9.10. The van der Waals surface area contributed by atoms with E-state index < -0.39 is 0 Å². The van der Waals surface area contributed by atoms with Crippen molar-refractivity contribution in [1.82, 2.24) is 5.32 Å². The Bertz CT molecular complexity index is 540. The van der Waals surface area contributed by atoms with Gasteiger partial charge in [0.25, 0.3) is 5.91 Å². The highest BCUT2D eigenvalue weighted by Gasteiger charge is 2.06. The van der Waals surface area contributed by atoms with E-state index in [0.717, 1.165) is 10.9 Å². The SMILES string of the molecule is Nc1cc(C(=O)NCCc2ccsc2)ccc1Br. The lowest BCUT2D eigenvalue weighted by molar-refractivity contribution is 0.0954. The van der Waals surface area contributed by atoms with Crippen LogP contribution in [-0.4, -0.2) is 12.5 Å². The Hall–Kier alpha value is -1.33. The minimum atomic E-state index is -0.0931. The molecule has 5 heteroatoms. The van der Waals surface area contributed by atoms with Gasteiger partial charge >= 0.3 is 0 Å². The van der Waals surface area contributed by atoms with Crippen LogP contribution in [0.5, 0.6) is 0 Å². The van der Waals surface area contributed by atoms with Crippen LogP contribution >= 0.6 is 27.3 Å². The number of carbonyl (C=O) groups is 1. The molecule has 1 amide bonds. The van der Waals surface area contributed by atoms with Crippen LogP contribution in [0.25, 0.3) is 0 Å². The molecule has 0 unspecified atom stereocenters. The van der Waals surface area contributed by atoms with E-state index >= 15 is 0 Å². The minimum Gasteiger partial charge on any atom is -0.398 e. The molecule has 0 saturated carbocycles. The van der Waals surface area contributed by atoms with E-state index in [2.05, 4.69) is 32.7 Å². The van der Waals surface area contributed by atoms with Gasteiger partial charge in [-0.3, -0.25) is 4.79 Å².